The van der Waals surface area contributed by atoms with Crippen LogP contribution in [0, 0.1) is 5.92 Å². The van der Waals surface area contributed by atoms with E-state index < -0.39 is 0 Å². The third kappa shape index (κ3) is 2.88. The van der Waals surface area contributed by atoms with Crippen molar-refractivity contribution < 1.29 is 9.53 Å². The molecule has 0 radical (unpaired) electrons. The Morgan fingerprint density at radius 1 is 1.14 bits per heavy atom. The lowest BCUT2D eigenvalue weighted by Crippen LogP contribution is -2.51. The highest BCUT2D eigenvalue weighted by Gasteiger charge is 2.36. The van der Waals surface area contributed by atoms with Crippen LogP contribution in [0.5, 0.6) is 0 Å². The lowest BCUT2D eigenvalue weighted by atomic mass is 9.86. The summed E-state index contributed by atoms with van der Waals surface area (Å²) >= 11 is 0. The van der Waals surface area contributed by atoms with Crippen LogP contribution in [-0.2, 0) is 4.74 Å². The second-order valence-electron chi connectivity index (χ2n) is 5.97. The van der Waals surface area contributed by atoms with Gasteiger partial charge in [0.25, 0.3) is 0 Å². The molecule has 5 heteroatoms. The van der Waals surface area contributed by atoms with E-state index in [9.17, 15) is 4.79 Å². The highest BCUT2D eigenvalue weighted by Crippen LogP contribution is 2.30. The van der Waals surface area contributed by atoms with Gasteiger partial charge in [0.05, 0.1) is 5.52 Å². The molecule has 3 saturated heterocycles. The van der Waals surface area contributed by atoms with Crippen LogP contribution in [0.15, 0.2) is 36.4 Å². The molecule has 22 heavy (non-hydrogen) atoms. The molecule has 2 bridgehead atoms. The van der Waals surface area contributed by atoms with Gasteiger partial charge in [-0.15, -0.1) is 17.0 Å². The number of halogens is 1. The van der Waals surface area contributed by atoms with Crippen LogP contribution in [0.4, 0.5) is 0 Å². The van der Waals surface area contributed by atoms with Gasteiger partial charge >= 0.3 is 5.97 Å². The second-order valence-corrected chi connectivity index (χ2v) is 5.97. The molecule has 116 valence electrons. The SMILES string of the molecule is Br.O=C(O[C@H]1CN2CCC1CC2)c1ccc2ccccc2n1. The number of pyridine rings is 1. The number of benzene rings is 1. The third-order valence-electron chi connectivity index (χ3n) is 4.66. The molecule has 0 N–H and O–H groups in total. The van der Waals surface area contributed by atoms with E-state index >= 15 is 0 Å². The largest absolute Gasteiger partial charge is 0.456 e. The van der Waals surface area contributed by atoms with Gasteiger partial charge in [0, 0.05) is 11.9 Å². The van der Waals surface area contributed by atoms with Gasteiger partial charge in [0.15, 0.2) is 0 Å². The van der Waals surface area contributed by atoms with Crippen molar-refractivity contribution in [3.05, 3.63) is 42.1 Å². The molecular weight excluding hydrogens is 344 g/mol. The fraction of sp³-hybridized carbons (Fsp3) is 0.412. The number of ether oxygens (including phenoxy) is 1. The van der Waals surface area contributed by atoms with Crippen LogP contribution in [0.3, 0.4) is 0 Å². The number of hydrogen-bond acceptors (Lipinski definition) is 4. The first-order valence-electron chi connectivity index (χ1n) is 7.59. The van der Waals surface area contributed by atoms with Crippen molar-refractivity contribution in [2.45, 2.75) is 18.9 Å². The van der Waals surface area contributed by atoms with E-state index in [4.69, 9.17) is 4.74 Å². The van der Waals surface area contributed by atoms with E-state index in [-0.39, 0.29) is 29.1 Å². The number of rotatable bonds is 2. The van der Waals surface area contributed by atoms with Crippen molar-refractivity contribution >= 4 is 33.9 Å². The molecule has 1 atom stereocenters. The number of fused-ring (bicyclic) bond motifs is 4. The number of piperidine rings is 3. The van der Waals surface area contributed by atoms with Gasteiger partial charge in [0.1, 0.15) is 11.8 Å². The molecule has 5 rings (SSSR count). The maximum absolute atomic E-state index is 12.3. The van der Waals surface area contributed by atoms with Crippen molar-refractivity contribution in [2.75, 3.05) is 19.6 Å². The third-order valence-corrected chi connectivity index (χ3v) is 4.66. The maximum Gasteiger partial charge on any atom is 0.357 e. The van der Waals surface area contributed by atoms with Crippen LogP contribution in [0.2, 0.25) is 0 Å². The van der Waals surface area contributed by atoms with Crippen LogP contribution in [0.25, 0.3) is 10.9 Å². The summed E-state index contributed by atoms with van der Waals surface area (Å²) in [5, 5.41) is 1.04. The van der Waals surface area contributed by atoms with Crippen LogP contribution >= 0.6 is 17.0 Å². The van der Waals surface area contributed by atoms with Gasteiger partial charge in [-0.05, 0) is 44.0 Å². The molecule has 0 unspecified atom stereocenters. The predicted molar refractivity (Wildman–Crippen MR) is 90.4 cm³/mol. The van der Waals surface area contributed by atoms with E-state index in [1.54, 1.807) is 6.07 Å². The van der Waals surface area contributed by atoms with Gasteiger partial charge in [-0.1, -0.05) is 24.3 Å². The normalized spacial score (nSPS) is 26.5. The van der Waals surface area contributed by atoms with E-state index in [2.05, 4.69) is 9.88 Å². The van der Waals surface area contributed by atoms with Crippen molar-refractivity contribution in [2.24, 2.45) is 5.92 Å². The topological polar surface area (TPSA) is 42.4 Å². The van der Waals surface area contributed by atoms with Gasteiger partial charge < -0.3 is 4.74 Å². The average molecular weight is 363 g/mol. The number of para-hydroxylation sites is 1. The standard InChI is InChI=1S/C17H18N2O2.BrH/c20-17(21-16-11-19-9-7-13(16)8-10-19)15-6-5-12-3-1-2-4-14(12)18-15;/h1-6,13,16H,7-11H2;1H/t16-;/m0./s1. The summed E-state index contributed by atoms with van der Waals surface area (Å²) in [7, 11) is 0. The molecule has 0 spiro atoms. The number of carbonyl (C=O) groups excluding carboxylic acids is 1. The monoisotopic (exact) mass is 362 g/mol. The number of esters is 1. The van der Waals surface area contributed by atoms with Gasteiger partial charge in [-0.3, -0.25) is 4.90 Å². The summed E-state index contributed by atoms with van der Waals surface area (Å²) in [4.78, 5) is 19.1. The number of aromatic nitrogens is 1. The molecule has 0 amide bonds. The first-order valence-corrected chi connectivity index (χ1v) is 7.59. The van der Waals surface area contributed by atoms with E-state index in [1.807, 2.05) is 30.3 Å². The smallest absolute Gasteiger partial charge is 0.357 e. The summed E-state index contributed by atoms with van der Waals surface area (Å²) in [6.07, 6.45) is 2.32. The Hall–Kier alpha value is -1.46. The van der Waals surface area contributed by atoms with Crippen molar-refractivity contribution in [1.82, 2.24) is 9.88 Å². The molecule has 1 aromatic heterocycles. The minimum Gasteiger partial charge on any atom is -0.456 e. The van der Waals surface area contributed by atoms with Gasteiger partial charge in [-0.2, -0.15) is 0 Å². The number of nitrogens with zero attached hydrogens (tertiary/aromatic N) is 2. The molecule has 3 fully saturated rings. The van der Waals surface area contributed by atoms with Crippen molar-refractivity contribution in [3.8, 4) is 0 Å². The van der Waals surface area contributed by atoms with Crippen LogP contribution < -0.4 is 0 Å². The quantitative estimate of drug-likeness (QED) is 0.770. The summed E-state index contributed by atoms with van der Waals surface area (Å²) in [6, 6.07) is 11.5. The van der Waals surface area contributed by atoms with Crippen LogP contribution in [-0.4, -0.2) is 41.6 Å². The lowest BCUT2D eigenvalue weighted by molar-refractivity contribution is -0.0459. The average Bonchev–Trinajstić information content (AvgIpc) is 2.55. The van der Waals surface area contributed by atoms with E-state index in [1.165, 1.54) is 0 Å². The Morgan fingerprint density at radius 3 is 2.64 bits per heavy atom. The van der Waals surface area contributed by atoms with Crippen molar-refractivity contribution in [1.29, 1.82) is 0 Å². The van der Waals surface area contributed by atoms with Gasteiger partial charge in [-0.25, -0.2) is 9.78 Å². The maximum atomic E-state index is 12.3. The lowest BCUT2D eigenvalue weighted by Gasteiger charge is -2.43. The molecule has 1 aromatic carbocycles. The minimum absolute atomic E-state index is 0. The fourth-order valence-electron chi connectivity index (χ4n) is 3.42. The molecule has 4 heterocycles. The Bertz CT molecular complexity index is 683. The molecule has 0 saturated carbocycles. The Kier molecular flexibility index (Phi) is 4.45. The number of hydrogen-bond donors (Lipinski definition) is 0. The fourth-order valence-corrected chi connectivity index (χ4v) is 3.42. The summed E-state index contributed by atoms with van der Waals surface area (Å²) in [6.45, 7) is 3.17. The highest BCUT2D eigenvalue weighted by atomic mass is 79.9. The molecule has 3 aliphatic rings. The predicted octanol–water partition coefficient (Wildman–Crippen LogP) is 3.06. The first-order chi connectivity index (χ1) is 10.3. The molecule has 0 aliphatic carbocycles. The molecule has 2 aromatic rings. The summed E-state index contributed by atoms with van der Waals surface area (Å²) < 4.78 is 5.72. The van der Waals surface area contributed by atoms with Crippen molar-refractivity contribution in [3.63, 3.8) is 0 Å². The van der Waals surface area contributed by atoms with Gasteiger partial charge in [0.2, 0.25) is 0 Å². The van der Waals surface area contributed by atoms with Crippen LogP contribution in [0.1, 0.15) is 23.3 Å². The Morgan fingerprint density at radius 2 is 1.91 bits per heavy atom. The minimum atomic E-state index is -0.292. The highest BCUT2D eigenvalue weighted by molar-refractivity contribution is 8.93. The Labute approximate surface area is 140 Å². The molecule has 3 aliphatic heterocycles. The zero-order valence-corrected chi connectivity index (χ0v) is 14.0. The number of carbonyl (C=O) groups is 1. The first kappa shape index (κ1) is 15.4. The summed E-state index contributed by atoms with van der Waals surface area (Å²) in [5.41, 5.74) is 1.24. The van der Waals surface area contributed by atoms with E-state index in [0.29, 0.717) is 11.6 Å². The zero-order chi connectivity index (χ0) is 14.2. The zero-order valence-electron chi connectivity index (χ0n) is 12.3. The molecule has 4 nitrogen and oxygen atoms in total. The second kappa shape index (κ2) is 6.34. The summed E-state index contributed by atoms with van der Waals surface area (Å²) in [5.74, 6) is 0.235. The molecular formula is C17H19BrN2O2. The van der Waals surface area contributed by atoms with E-state index in [0.717, 1.165) is 43.4 Å². The Balaban J connectivity index is 0.00000144.